The summed E-state index contributed by atoms with van der Waals surface area (Å²) in [6.45, 7) is 0. The summed E-state index contributed by atoms with van der Waals surface area (Å²) in [5, 5.41) is 11.0. The second kappa shape index (κ2) is 7.58. The molecule has 8 heteroatoms. The molecule has 0 heterocycles. The number of carboxylic acids is 1. The molecule has 0 spiro atoms. The molecule has 0 aliphatic heterocycles. The zero-order chi connectivity index (χ0) is 16.0. The van der Waals surface area contributed by atoms with Crippen LogP contribution in [0.25, 0.3) is 0 Å². The highest BCUT2D eigenvalue weighted by Crippen LogP contribution is 2.15. The Labute approximate surface area is 124 Å². The van der Waals surface area contributed by atoms with Crippen LogP contribution in [0.15, 0.2) is 18.2 Å². The Morgan fingerprint density at radius 2 is 2.10 bits per heavy atom. The highest BCUT2D eigenvalue weighted by Gasteiger charge is 2.22. The number of nitrogens with one attached hydrogen (secondary N) is 1. The third kappa shape index (κ3) is 5.03. The molecule has 1 atom stereocenters. The van der Waals surface area contributed by atoms with Crippen LogP contribution in [0.3, 0.4) is 0 Å². The number of rotatable bonds is 6. The predicted molar refractivity (Wildman–Crippen MR) is 71.6 cm³/mol. The Balaban J connectivity index is 2.74. The number of hydrogen-bond donors (Lipinski definition) is 2. The number of carbonyl (C=O) groups excluding carboxylic acids is 2. The van der Waals surface area contributed by atoms with Gasteiger partial charge in [-0.05, 0) is 24.6 Å². The fourth-order valence-corrected chi connectivity index (χ4v) is 1.62. The van der Waals surface area contributed by atoms with Gasteiger partial charge in [0.05, 0.1) is 12.1 Å². The van der Waals surface area contributed by atoms with E-state index in [4.69, 9.17) is 16.7 Å². The quantitative estimate of drug-likeness (QED) is 0.778. The summed E-state index contributed by atoms with van der Waals surface area (Å²) in [7, 11) is 1.17. The van der Waals surface area contributed by atoms with Crippen LogP contribution in [-0.4, -0.2) is 36.1 Å². The predicted octanol–water partition coefficient (Wildman–Crippen LogP) is 1.62. The molecule has 2 N–H and O–H groups in total. The lowest BCUT2D eigenvalue weighted by Gasteiger charge is -2.14. The number of carboxylic acid groups (broad SMARTS) is 1. The van der Waals surface area contributed by atoms with Crippen LogP contribution in [-0.2, 0) is 14.3 Å². The van der Waals surface area contributed by atoms with Gasteiger partial charge in [-0.3, -0.25) is 9.59 Å². The zero-order valence-electron chi connectivity index (χ0n) is 11.1. The van der Waals surface area contributed by atoms with Gasteiger partial charge in [-0.1, -0.05) is 11.6 Å². The number of aliphatic carboxylic acids is 1. The van der Waals surface area contributed by atoms with Crippen molar-refractivity contribution in [3.63, 3.8) is 0 Å². The maximum Gasteiger partial charge on any atom is 0.326 e. The van der Waals surface area contributed by atoms with Crippen molar-refractivity contribution in [2.45, 2.75) is 18.9 Å². The first kappa shape index (κ1) is 16.9. The van der Waals surface area contributed by atoms with Crippen LogP contribution in [0.5, 0.6) is 0 Å². The zero-order valence-corrected chi connectivity index (χ0v) is 11.8. The highest BCUT2D eigenvalue weighted by molar-refractivity contribution is 6.30. The van der Waals surface area contributed by atoms with Crippen molar-refractivity contribution >= 4 is 29.4 Å². The summed E-state index contributed by atoms with van der Waals surface area (Å²) in [6, 6.07) is 2.07. The SMILES string of the molecule is COC(=O)CC[C@@H](NC(=O)c1ccc(Cl)c(F)c1)C(=O)O. The van der Waals surface area contributed by atoms with Crippen molar-refractivity contribution in [1.82, 2.24) is 5.32 Å². The van der Waals surface area contributed by atoms with Gasteiger partial charge in [0.1, 0.15) is 11.9 Å². The van der Waals surface area contributed by atoms with Crippen LogP contribution in [0.1, 0.15) is 23.2 Å². The van der Waals surface area contributed by atoms with Crippen LogP contribution < -0.4 is 5.32 Å². The fourth-order valence-electron chi connectivity index (χ4n) is 1.50. The molecular formula is C13H13ClFNO5. The van der Waals surface area contributed by atoms with E-state index in [1.165, 1.54) is 19.2 Å². The third-order valence-corrected chi connectivity index (χ3v) is 2.96. The Morgan fingerprint density at radius 3 is 2.62 bits per heavy atom. The molecule has 0 unspecified atom stereocenters. The molecular weight excluding hydrogens is 305 g/mol. The summed E-state index contributed by atoms with van der Waals surface area (Å²) in [4.78, 5) is 33.8. The van der Waals surface area contributed by atoms with Crippen LogP contribution >= 0.6 is 11.6 Å². The largest absolute Gasteiger partial charge is 0.480 e. The average molecular weight is 318 g/mol. The van der Waals surface area contributed by atoms with E-state index in [1.54, 1.807) is 0 Å². The second-order valence-corrected chi connectivity index (χ2v) is 4.52. The molecule has 1 rings (SSSR count). The van der Waals surface area contributed by atoms with E-state index in [2.05, 4.69) is 10.1 Å². The van der Waals surface area contributed by atoms with E-state index in [0.29, 0.717) is 0 Å². The molecule has 114 valence electrons. The van der Waals surface area contributed by atoms with E-state index in [1.807, 2.05) is 0 Å². The Hall–Kier alpha value is -2.15. The minimum atomic E-state index is -1.30. The van der Waals surface area contributed by atoms with Crippen LogP contribution in [0, 0.1) is 5.82 Å². The van der Waals surface area contributed by atoms with Crippen molar-refractivity contribution in [3.8, 4) is 0 Å². The Kier molecular flexibility index (Phi) is 6.10. The van der Waals surface area contributed by atoms with E-state index in [-0.39, 0.29) is 23.4 Å². The molecule has 0 fully saturated rings. The van der Waals surface area contributed by atoms with Gasteiger partial charge < -0.3 is 15.2 Å². The van der Waals surface area contributed by atoms with Gasteiger partial charge in [0, 0.05) is 12.0 Å². The molecule has 21 heavy (non-hydrogen) atoms. The van der Waals surface area contributed by atoms with Crippen molar-refractivity contribution < 1.29 is 28.6 Å². The normalized spacial score (nSPS) is 11.6. The summed E-state index contributed by atoms with van der Waals surface area (Å²) >= 11 is 5.49. The van der Waals surface area contributed by atoms with Crippen LogP contribution in [0.4, 0.5) is 4.39 Å². The number of halogens is 2. The fraction of sp³-hybridized carbons (Fsp3) is 0.308. The number of hydrogen-bond acceptors (Lipinski definition) is 4. The van der Waals surface area contributed by atoms with Crippen LogP contribution in [0.2, 0.25) is 5.02 Å². The number of ether oxygens (including phenoxy) is 1. The first-order valence-electron chi connectivity index (χ1n) is 5.90. The molecule has 6 nitrogen and oxygen atoms in total. The monoisotopic (exact) mass is 317 g/mol. The van der Waals surface area contributed by atoms with Gasteiger partial charge in [0.25, 0.3) is 5.91 Å². The Bertz CT molecular complexity index is 563. The second-order valence-electron chi connectivity index (χ2n) is 4.11. The minimum absolute atomic E-state index is 0.0683. The number of methoxy groups -OCH3 is 1. The maximum atomic E-state index is 13.2. The lowest BCUT2D eigenvalue weighted by Crippen LogP contribution is -2.41. The van der Waals surface area contributed by atoms with Crippen molar-refractivity contribution in [2.75, 3.05) is 7.11 Å². The molecule has 0 aliphatic rings. The molecule has 0 aliphatic carbocycles. The minimum Gasteiger partial charge on any atom is -0.480 e. The van der Waals surface area contributed by atoms with Gasteiger partial charge in [0.15, 0.2) is 0 Å². The number of amides is 1. The van der Waals surface area contributed by atoms with E-state index in [9.17, 15) is 18.8 Å². The molecule has 1 amide bonds. The van der Waals surface area contributed by atoms with Gasteiger partial charge in [0.2, 0.25) is 0 Å². The molecule has 0 saturated carbocycles. The van der Waals surface area contributed by atoms with E-state index < -0.39 is 29.7 Å². The maximum absolute atomic E-state index is 13.2. The summed E-state index contributed by atoms with van der Waals surface area (Å²) in [6.07, 6.45) is -0.299. The van der Waals surface area contributed by atoms with Crippen molar-refractivity contribution in [1.29, 1.82) is 0 Å². The molecule has 1 aromatic carbocycles. The average Bonchev–Trinajstić information content (AvgIpc) is 2.45. The van der Waals surface area contributed by atoms with Crippen molar-refractivity contribution in [3.05, 3.63) is 34.6 Å². The van der Waals surface area contributed by atoms with Gasteiger partial charge in [-0.25, -0.2) is 9.18 Å². The summed E-state index contributed by atoms with van der Waals surface area (Å²) in [5.74, 6) is -3.46. The summed E-state index contributed by atoms with van der Waals surface area (Å²) < 4.78 is 17.6. The van der Waals surface area contributed by atoms with Gasteiger partial charge >= 0.3 is 11.9 Å². The molecule has 0 bridgehead atoms. The van der Waals surface area contributed by atoms with E-state index >= 15 is 0 Å². The number of benzene rings is 1. The lowest BCUT2D eigenvalue weighted by atomic mass is 10.1. The third-order valence-electron chi connectivity index (χ3n) is 2.65. The molecule has 0 aromatic heterocycles. The smallest absolute Gasteiger partial charge is 0.326 e. The first-order valence-corrected chi connectivity index (χ1v) is 6.28. The summed E-state index contributed by atoms with van der Waals surface area (Å²) in [5.41, 5.74) is -0.0683. The number of carbonyl (C=O) groups is 3. The standard InChI is InChI=1S/C13H13ClFNO5/c1-21-11(17)5-4-10(13(19)20)16-12(18)7-2-3-8(14)9(15)6-7/h2-3,6,10H,4-5H2,1H3,(H,16,18)(H,19,20)/t10-/m1/s1. The molecule has 0 radical (unpaired) electrons. The molecule has 0 saturated heterocycles. The van der Waals surface area contributed by atoms with Gasteiger partial charge in [-0.2, -0.15) is 0 Å². The highest BCUT2D eigenvalue weighted by atomic mass is 35.5. The topological polar surface area (TPSA) is 92.7 Å². The Morgan fingerprint density at radius 1 is 1.43 bits per heavy atom. The van der Waals surface area contributed by atoms with Crippen molar-refractivity contribution in [2.24, 2.45) is 0 Å². The lowest BCUT2D eigenvalue weighted by molar-refractivity contribution is -0.142. The molecule has 1 aromatic rings. The number of esters is 1. The first-order chi connectivity index (χ1) is 9.85. The van der Waals surface area contributed by atoms with E-state index in [0.717, 1.165) is 6.07 Å². The van der Waals surface area contributed by atoms with Gasteiger partial charge in [-0.15, -0.1) is 0 Å².